The van der Waals surface area contributed by atoms with Gasteiger partial charge in [0.25, 0.3) is 5.91 Å². The van der Waals surface area contributed by atoms with E-state index in [0.29, 0.717) is 42.3 Å². The summed E-state index contributed by atoms with van der Waals surface area (Å²) in [7, 11) is 0. The van der Waals surface area contributed by atoms with E-state index in [2.05, 4.69) is 0 Å². The Kier molecular flexibility index (Phi) is 6.89. The first-order chi connectivity index (χ1) is 14.9. The monoisotopic (exact) mass is 505 g/mol. The first-order valence-electron chi connectivity index (χ1n) is 9.11. The minimum atomic E-state index is -0.170. The van der Waals surface area contributed by atoms with Crippen LogP contribution in [0.25, 0.3) is 6.08 Å². The van der Waals surface area contributed by atoms with Gasteiger partial charge >= 0.3 is 0 Å². The third-order valence-electron chi connectivity index (χ3n) is 4.44. The number of thioether (sulfide) groups is 1. The fourth-order valence-corrected chi connectivity index (χ4v) is 4.81. The van der Waals surface area contributed by atoms with Crippen LogP contribution in [0.5, 0.6) is 5.75 Å². The van der Waals surface area contributed by atoms with Crippen molar-refractivity contribution in [1.29, 1.82) is 0 Å². The third kappa shape index (κ3) is 5.25. The Morgan fingerprint density at radius 1 is 0.968 bits per heavy atom. The lowest BCUT2D eigenvalue weighted by atomic mass is 10.2. The fourth-order valence-electron chi connectivity index (χ4n) is 2.93. The number of thiocarbonyl (C=S) groups is 1. The number of benzene rings is 3. The van der Waals surface area contributed by atoms with E-state index < -0.39 is 0 Å². The Morgan fingerprint density at radius 2 is 1.71 bits per heavy atom. The number of anilines is 1. The van der Waals surface area contributed by atoms with Gasteiger partial charge in [-0.1, -0.05) is 77.0 Å². The maximum atomic E-state index is 12.9. The minimum Gasteiger partial charge on any atom is -0.489 e. The van der Waals surface area contributed by atoms with Crippen LogP contribution in [0.15, 0.2) is 71.6 Å². The van der Waals surface area contributed by atoms with Gasteiger partial charge < -0.3 is 4.74 Å². The SMILES string of the molecule is O=C1/C(=C/c2cccc(OCc3ccc(Cl)cc3Cl)c2)SC(=S)N1c1ccc(Cl)cc1. The Balaban J connectivity index is 1.50. The van der Waals surface area contributed by atoms with Crippen molar-refractivity contribution in [1.82, 2.24) is 0 Å². The van der Waals surface area contributed by atoms with Gasteiger partial charge in [-0.3, -0.25) is 9.69 Å². The van der Waals surface area contributed by atoms with Crippen LogP contribution in [0.4, 0.5) is 5.69 Å². The molecular weight excluding hydrogens is 493 g/mol. The van der Waals surface area contributed by atoms with Crippen LogP contribution in [0.2, 0.25) is 15.1 Å². The lowest BCUT2D eigenvalue weighted by molar-refractivity contribution is -0.113. The minimum absolute atomic E-state index is 0.170. The van der Waals surface area contributed by atoms with E-state index in [1.807, 2.05) is 30.3 Å². The molecule has 3 nitrogen and oxygen atoms in total. The zero-order valence-electron chi connectivity index (χ0n) is 15.8. The summed E-state index contributed by atoms with van der Waals surface area (Å²) in [5.41, 5.74) is 2.35. The number of nitrogens with zero attached hydrogens (tertiary/aromatic N) is 1. The van der Waals surface area contributed by atoms with Gasteiger partial charge in [-0.15, -0.1) is 0 Å². The number of hydrogen-bond acceptors (Lipinski definition) is 4. The van der Waals surface area contributed by atoms with Crippen molar-refractivity contribution in [3.8, 4) is 5.75 Å². The Hall–Kier alpha value is -2.02. The molecule has 0 spiro atoms. The summed E-state index contributed by atoms with van der Waals surface area (Å²) in [4.78, 5) is 15.0. The Bertz CT molecular complexity index is 1200. The van der Waals surface area contributed by atoms with Crippen molar-refractivity contribution in [2.45, 2.75) is 6.61 Å². The van der Waals surface area contributed by atoms with Crippen molar-refractivity contribution in [3.05, 3.63) is 97.8 Å². The molecule has 1 amide bonds. The second kappa shape index (κ2) is 9.63. The topological polar surface area (TPSA) is 29.5 Å². The van der Waals surface area contributed by atoms with Gasteiger partial charge in [0.15, 0.2) is 4.32 Å². The molecule has 1 aliphatic rings. The number of ether oxygens (including phenoxy) is 1. The summed E-state index contributed by atoms with van der Waals surface area (Å²) in [5, 5.41) is 1.72. The van der Waals surface area contributed by atoms with Crippen molar-refractivity contribution in [2.75, 3.05) is 4.90 Å². The molecule has 0 radical (unpaired) electrons. The van der Waals surface area contributed by atoms with E-state index in [1.165, 1.54) is 16.7 Å². The predicted octanol–water partition coefficient (Wildman–Crippen LogP) is 7.63. The average molecular weight is 507 g/mol. The number of amides is 1. The summed E-state index contributed by atoms with van der Waals surface area (Å²) in [5.74, 6) is 0.490. The van der Waals surface area contributed by atoms with E-state index in [-0.39, 0.29) is 5.91 Å². The van der Waals surface area contributed by atoms with Crippen LogP contribution >= 0.6 is 58.8 Å². The molecule has 1 fully saturated rings. The van der Waals surface area contributed by atoms with Crippen LogP contribution < -0.4 is 9.64 Å². The van der Waals surface area contributed by atoms with Crippen molar-refractivity contribution in [3.63, 3.8) is 0 Å². The van der Waals surface area contributed by atoms with Gasteiger partial charge in [-0.2, -0.15) is 0 Å². The molecule has 0 aliphatic carbocycles. The molecule has 0 bridgehead atoms. The second-order valence-electron chi connectivity index (χ2n) is 6.59. The molecule has 0 atom stereocenters. The normalized spacial score (nSPS) is 15.1. The van der Waals surface area contributed by atoms with E-state index in [0.717, 1.165) is 11.1 Å². The first-order valence-corrected chi connectivity index (χ1v) is 11.5. The standard InChI is InChI=1S/C23H14Cl3NO2S2/c24-16-6-8-18(9-7-16)27-22(28)21(31-23(27)30)11-14-2-1-3-19(10-14)29-13-15-4-5-17(25)12-20(15)26/h1-12H,13H2/b21-11-. The van der Waals surface area contributed by atoms with Crippen molar-refractivity contribution < 1.29 is 9.53 Å². The van der Waals surface area contributed by atoms with E-state index in [1.54, 1.807) is 42.5 Å². The second-order valence-corrected chi connectivity index (χ2v) is 9.55. The average Bonchev–Trinajstić information content (AvgIpc) is 3.01. The Labute approximate surface area is 204 Å². The number of carbonyl (C=O) groups is 1. The Morgan fingerprint density at radius 3 is 2.45 bits per heavy atom. The van der Waals surface area contributed by atoms with Crippen LogP contribution in [-0.4, -0.2) is 10.2 Å². The highest BCUT2D eigenvalue weighted by Crippen LogP contribution is 2.36. The van der Waals surface area contributed by atoms with Crippen LogP contribution in [0.3, 0.4) is 0 Å². The number of halogens is 3. The summed E-state index contributed by atoms with van der Waals surface area (Å²) < 4.78 is 6.35. The van der Waals surface area contributed by atoms with Crippen LogP contribution in [0, 0.1) is 0 Å². The highest BCUT2D eigenvalue weighted by molar-refractivity contribution is 8.27. The molecule has 1 saturated heterocycles. The van der Waals surface area contributed by atoms with Gasteiger partial charge in [0, 0.05) is 20.6 Å². The molecule has 0 aromatic heterocycles. The van der Waals surface area contributed by atoms with Gasteiger partial charge in [-0.25, -0.2) is 0 Å². The smallest absolute Gasteiger partial charge is 0.270 e. The number of rotatable bonds is 5. The summed E-state index contributed by atoms with van der Waals surface area (Å²) in [6, 6.07) is 19.8. The van der Waals surface area contributed by atoms with Crippen LogP contribution in [-0.2, 0) is 11.4 Å². The molecule has 0 N–H and O–H groups in total. The van der Waals surface area contributed by atoms with Gasteiger partial charge in [0.1, 0.15) is 12.4 Å². The van der Waals surface area contributed by atoms with Gasteiger partial charge in [0.2, 0.25) is 0 Å². The summed E-state index contributed by atoms with van der Waals surface area (Å²) in [6.07, 6.45) is 1.80. The largest absolute Gasteiger partial charge is 0.489 e. The molecular formula is C23H14Cl3NO2S2. The molecule has 4 rings (SSSR count). The van der Waals surface area contributed by atoms with Crippen molar-refractivity contribution in [2.24, 2.45) is 0 Å². The third-order valence-corrected chi connectivity index (χ3v) is 6.58. The highest BCUT2D eigenvalue weighted by atomic mass is 35.5. The van der Waals surface area contributed by atoms with Gasteiger partial charge in [0.05, 0.1) is 10.6 Å². The molecule has 31 heavy (non-hydrogen) atoms. The molecule has 3 aromatic carbocycles. The fraction of sp³-hybridized carbons (Fsp3) is 0.0435. The molecule has 1 heterocycles. The maximum Gasteiger partial charge on any atom is 0.270 e. The lowest BCUT2D eigenvalue weighted by Crippen LogP contribution is -2.27. The van der Waals surface area contributed by atoms with E-state index >= 15 is 0 Å². The zero-order valence-corrected chi connectivity index (χ0v) is 19.8. The van der Waals surface area contributed by atoms with E-state index in [9.17, 15) is 4.79 Å². The summed E-state index contributed by atoms with van der Waals surface area (Å²) in [6.45, 7) is 0.304. The first kappa shape index (κ1) is 22.2. The van der Waals surface area contributed by atoms with Crippen LogP contribution in [0.1, 0.15) is 11.1 Å². The predicted molar refractivity (Wildman–Crippen MR) is 134 cm³/mol. The molecule has 1 aliphatic heterocycles. The zero-order chi connectivity index (χ0) is 22.0. The van der Waals surface area contributed by atoms with Gasteiger partial charge in [-0.05, 0) is 60.2 Å². The molecule has 0 saturated carbocycles. The molecule has 0 unspecified atom stereocenters. The quantitative estimate of drug-likeness (QED) is 0.263. The molecule has 156 valence electrons. The summed E-state index contributed by atoms with van der Waals surface area (Å²) >= 11 is 24.8. The van der Waals surface area contributed by atoms with Crippen molar-refractivity contribution >= 4 is 80.8 Å². The number of hydrogen-bond donors (Lipinski definition) is 0. The van der Waals surface area contributed by atoms with E-state index in [4.69, 9.17) is 51.8 Å². The molecule has 3 aromatic rings. The number of carbonyl (C=O) groups excluding carboxylic acids is 1. The maximum absolute atomic E-state index is 12.9. The highest BCUT2D eigenvalue weighted by Gasteiger charge is 2.33. The lowest BCUT2D eigenvalue weighted by Gasteiger charge is -2.14. The molecule has 8 heteroatoms.